The number of aromatic nitrogens is 4. The van der Waals surface area contributed by atoms with E-state index in [1.54, 1.807) is 11.0 Å². The number of nitrogens with two attached hydrogens (primary N) is 1. The van der Waals surface area contributed by atoms with Gasteiger partial charge >= 0.3 is 6.09 Å². The number of anilines is 1. The Bertz CT molecular complexity index is 1280. The zero-order valence-electron chi connectivity index (χ0n) is 21.3. The van der Waals surface area contributed by atoms with Gasteiger partial charge in [0.2, 0.25) is 0 Å². The van der Waals surface area contributed by atoms with Crippen molar-refractivity contribution in [3.05, 3.63) is 42.0 Å². The second-order valence-electron chi connectivity index (χ2n) is 10.0. The molecule has 0 bridgehead atoms. The van der Waals surface area contributed by atoms with Crippen molar-refractivity contribution in [2.75, 3.05) is 25.4 Å². The Morgan fingerprint density at radius 2 is 1.95 bits per heavy atom. The van der Waals surface area contributed by atoms with Crippen LogP contribution in [0, 0.1) is 12.8 Å². The molecule has 0 aliphatic carbocycles. The van der Waals surface area contributed by atoms with Crippen molar-refractivity contribution in [3.8, 4) is 5.75 Å². The molecule has 12 heteroatoms. The lowest BCUT2D eigenvalue weighted by Gasteiger charge is -2.31. The summed E-state index contributed by atoms with van der Waals surface area (Å²) in [6, 6.07) is 7.49. The molecule has 2 aromatic heterocycles. The van der Waals surface area contributed by atoms with Gasteiger partial charge in [-0.05, 0) is 50.2 Å². The normalized spacial score (nSPS) is 24.3. The van der Waals surface area contributed by atoms with Gasteiger partial charge in [0.1, 0.15) is 35.4 Å². The number of carbonyl (C=O) groups excluding carboxylic acids is 1. The number of imidazole rings is 1. The number of para-hydroxylation sites is 1. The van der Waals surface area contributed by atoms with Gasteiger partial charge < -0.3 is 35.4 Å². The van der Waals surface area contributed by atoms with E-state index in [1.165, 1.54) is 10.9 Å². The third-order valence-corrected chi connectivity index (χ3v) is 7.46. The molecule has 0 unspecified atom stereocenters. The molecule has 1 amide bonds. The Hall–Kier alpha value is -3.32. The lowest BCUT2D eigenvalue weighted by molar-refractivity contribution is -0.0511. The van der Waals surface area contributed by atoms with Crippen LogP contribution in [0.1, 0.15) is 43.3 Å². The van der Waals surface area contributed by atoms with Crippen LogP contribution in [0.4, 0.5) is 10.6 Å². The van der Waals surface area contributed by atoms with Gasteiger partial charge in [-0.1, -0.05) is 18.2 Å². The van der Waals surface area contributed by atoms with Crippen molar-refractivity contribution >= 4 is 23.1 Å². The molecular weight excluding hydrogens is 492 g/mol. The Morgan fingerprint density at radius 3 is 2.66 bits per heavy atom. The Labute approximate surface area is 220 Å². The summed E-state index contributed by atoms with van der Waals surface area (Å²) < 4.78 is 12.7. The third-order valence-electron chi connectivity index (χ3n) is 7.46. The first-order valence-corrected chi connectivity index (χ1v) is 13.0. The molecule has 2 fully saturated rings. The van der Waals surface area contributed by atoms with Crippen LogP contribution in [0.15, 0.2) is 30.6 Å². The first-order valence-electron chi connectivity index (χ1n) is 13.0. The number of fused-ring (bicyclic) bond motifs is 1. The molecule has 4 atom stereocenters. The fourth-order valence-corrected chi connectivity index (χ4v) is 5.18. The molecule has 1 aromatic carbocycles. The highest BCUT2D eigenvalue weighted by atomic mass is 16.6. The summed E-state index contributed by atoms with van der Waals surface area (Å²) in [5.41, 5.74) is 7.86. The van der Waals surface area contributed by atoms with Crippen molar-refractivity contribution in [2.24, 2.45) is 5.92 Å². The van der Waals surface area contributed by atoms with E-state index < -0.39 is 31.1 Å². The predicted molar refractivity (Wildman–Crippen MR) is 137 cm³/mol. The van der Waals surface area contributed by atoms with Crippen LogP contribution in [0.2, 0.25) is 0 Å². The van der Waals surface area contributed by atoms with Crippen LogP contribution < -0.4 is 10.5 Å². The molecule has 2 aliphatic rings. The second-order valence-corrected chi connectivity index (χ2v) is 10.0. The second kappa shape index (κ2) is 11.2. The van der Waals surface area contributed by atoms with Gasteiger partial charge in [0, 0.05) is 19.5 Å². The van der Waals surface area contributed by atoms with Crippen molar-refractivity contribution in [2.45, 2.75) is 63.6 Å². The van der Waals surface area contributed by atoms with Gasteiger partial charge in [0.05, 0.1) is 12.9 Å². The summed E-state index contributed by atoms with van der Waals surface area (Å²) in [7, 11) is 0. The van der Waals surface area contributed by atoms with Crippen molar-refractivity contribution in [3.63, 3.8) is 0 Å². The minimum atomic E-state index is -1.25. The van der Waals surface area contributed by atoms with E-state index in [0.29, 0.717) is 48.2 Å². The molecule has 12 nitrogen and oxygen atoms in total. The summed E-state index contributed by atoms with van der Waals surface area (Å²) in [4.78, 5) is 27.6. The molecule has 5 N–H and O–H groups in total. The maximum Gasteiger partial charge on any atom is 0.415 e. The van der Waals surface area contributed by atoms with Crippen LogP contribution in [0.5, 0.6) is 5.75 Å². The Kier molecular flexibility index (Phi) is 7.75. The SMILES string of the molecule is Cc1ccccc1OC(=O)N1CCC(CCCc2nc(N)c3ncn([C@@H]4O[C@H](CO)[C@@H](O)[C@H]4O)c3n2)CC1. The summed E-state index contributed by atoms with van der Waals surface area (Å²) in [5.74, 6) is 1.87. The molecule has 3 aromatic rings. The molecule has 2 saturated heterocycles. The lowest BCUT2D eigenvalue weighted by Crippen LogP contribution is -2.40. The molecule has 38 heavy (non-hydrogen) atoms. The number of carbonyl (C=O) groups is 1. The molecule has 204 valence electrons. The number of aliphatic hydroxyl groups is 3. The maximum atomic E-state index is 12.6. The van der Waals surface area contributed by atoms with Crippen LogP contribution >= 0.6 is 0 Å². The number of hydrogen-bond acceptors (Lipinski definition) is 10. The quantitative estimate of drug-likeness (QED) is 0.354. The average Bonchev–Trinajstić information content (AvgIpc) is 3.46. The van der Waals surface area contributed by atoms with Crippen LogP contribution in [0.3, 0.4) is 0 Å². The Morgan fingerprint density at radius 1 is 1.18 bits per heavy atom. The van der Waals surface area contributed by atoms with Crippen molar-refractivity contribution in [1.29, 1.82) is 0 Å². The highest BCUT2D eigenvalue weighted by Crippen LogP contribution is 2.32. The molecular formula is C26H34N6O6. The van der Waals surface area contributed by atoms with Gasteiger partial charge in [-0.2, -0.15) is 0 Å². The minimum absolute atomic E-state index is 0.232. The summed E-state index contributed by atoms with van der Waals surface area (Å²) in [6.07, 6.45) is 1.06. The largest absolute Gasteiger partial charge is 0.415 e. The zero-order valence-corrected chi connectivity index (χ0v) is 21.3. The number of rotatable bonds is 7. The van der Waals surface area contributed by atoms with E-state index in [2.05, 4.69) is 15.0 Å². The van der Waals surface area contributed by atoms with E-state index in [1.807, 2.05) is 25.1 Å². The third kappa shape index (κ3) is 5.30. The number of piperidine rings is 1. The molecule has 0 saturated carbocycles. The van der Waals surface area contributed by atoms with E-state index in [9.17, 15) is 20.1 Å². The minimum Gasteiger partial charge on any atom is -0.410 e. The zero-order chi connectivity index (χ0) is 26.8. The summed E-state index contributed by atoms with van der Waals surface area (Å²) in [5, 5.41) is 29.9. The number of benzene rings is 1. The summed E-state index contributed by atoms with van der Waals surface area (Å²) in [6.45, 7) is 2.82. The van der Waals surface area contributed by atoms with Gasteiger partial charge in [-0.25, -0.2) is 19.7 Å². The lowest BCUT2D eigenvalue weighted by atomic mass is 9.91. The molecule has 5 rings (SSSR count). The fraction of sp³-hybridized carbons (Fsp3) is 0.538. The monoisotopic (exact) mass is 526 g/mol. The van der Waals surface area contributed by atoms with Crippen molar-refractivity contribution < 1.29 is 29.6 Å². The van der Waals surface area contributed by atoms with E-state index in [0.717, 1.165) is 31.2 Å². The number of nitrogen functional groups attached to an aromatic ring is 1. The number of hydrogen-bond donors (Lipinski definition) is 4. The Balaban J connectivity index is 1.15. The van der Waals surface area contributed by atoms with E-state index >= 15 is 0 Å². The topological polar surface area (TPSA) is 169 Å². The van der Waals surface area contributed by atoms with Crippen LogP contribution in [0.25, 0.3) is 11.2 Å². The predicted octanol–water partition coefficient (Wildman–Crippen LogP) is 1.56. The van der Waals surface area contributed by atoms with Crippen molar-refractivity contribution in [1.82, 2.24) is 24.4 Å². The van der Waals surface area contributed by atoms with Gasteiger partial charge in [-0.3, -0.25) is 4.57 Å². The average molecular weight is 527 g/mol. The number of aliphatic hydroxyl groups excluding tert-OH is 3. The molecule has 2 aliphatic heterocycles. The maximum absolute atomic E-state index is 12.6. The highest BCUT2D eigenvalue weighted by Gasteiger charge is 2.44. The number of nitrogens with zero attached hydrogens (tertiary/aromatic N) is 5. The number of aryl methyl sites for hydroxylation is 2. The number of amides is 1. The highest BCUT2D eigenvalue weighted by molar-refractivity contribution is 5.81. The number of ether oxygens (including phenoxy) is 2. The molecule has 4 heterocycles. The van der Waals surface area contributed by atoms with Gasteiger partial charge in [-0.15, -0.1) is 0 Å². The first-order chi connectivity index (χ1) is 18.4. The van der Waals surface area contributed by atoms with Gasteiger partial charge in [0.15, 0.2) is 17.7 Å². The van der Waals surface area contributed by atoms with Crippen LogP contribution in [-0.2, 0) is 11.2 Å². The van der Waals surface area contributed by atoms with Crippen LogP contribution in [-0.4, -0.2) is 83.8 Å². The van der Waals surface area contributed by atoms with E-state index in [4.69, 9.17) is 15.2 Å². The smallest absolute Gasteiger partial charge is 0.410 e. The van der Waals surface area contributed by atoms with E-state index in [-0.39, 0.29) is 11.9 Å². The fourth-order valence-electron chi connectivity index (χ4n) is 5.18. The number of likely N-dealkylation sites (tertiary alicyclic amines) is 1. The standard InChI is InChI=1S/C26H34N6O6/c1-15-5-2-3-7-17(15)38-26(36)31-11-9-16(10-12-31)6-4-8-19-29-23(27)20-24(30-19)32(14-28-20)25-22(35)21(34)18(13-33)37-25/h2-3,5,7,14,16,18,21-22,25,33-35H,4,6,8-13H2,1H3,(H2,27,29,30)/t18-,21-,22-,25-/m1/s1. The summed E-state index contributed by atoms with van der Waals surface area (Å²) >= 11 is 0. The molecule has 0 radical (unpaired) electrons. The molecule has 0 spiro atoms. The first kappa shape index (κ1) is 26.3. The van der Waals surface area contributed by atoms with Gasteiger partial charge in [0.25, 0.3) is 0 Å².